The fourth-order valence-corrected chi connectivity index (χ4v) is 4.22. The van der Waals surface area contributed by atoms with Crippen LogP contribution in [0.15, 0.2) is 48.7 Å². The number of aromatic nitrogens is 3. The maximum Gasteiger partial charge on any atom is 0.319 e. The molecule has 5 rings (SSSR count). The number of benzene rings is 2. The van der Waals surface area contributed by atoms with Crippen molar-refractivity contribution >= 4 is 29.4 Å². The Kier molecular flexibility index (Phi) is 5.87. The predicted molar refractivity (Wildman–Crippen MR) is 124 cm³/mol. The minimum absolute atomic E-state index is 0.122. The lowest BCUT2D eigenvalue weighted by Crippen LogP contribution is -2.52. The fourth-order valence-electron chi connectivity index (χ4n) is 4.22. The zero-order chi connectivity index (χ0) is 25.2. The first-order valence-corrected chi connectivity index (χ1v) is 11.2. The highest BCUT2D eigenvalue weighted by molar-refractivity contribution is 6.05. The Balaban J connectivity index is 1.22. The van der Waals surface area contributed by atoms with Gasteiger partial charge in [-0.15, -0.1) is 5.10 Å². The zero-order valence-corrected chi connectivity index (χ0v) is 18.9. The van der Waals surface area contributed by atoms with Gasteiger partial charge in [0.1, 0.15) is 11.7 Å². The van der Waals surface area contributed by atoms with Gasteiger partial charge < -0.3 is 15.5 Å². The summed E-state index contributed by atoms with van der Waals surface area (Å²) < 4.78 is 1.53. The van der Waals surface area contributed by atoms with Crippen LogP contribution in [-0.2, 0) is 22.7 Å². The number of amides is 5. The predicted octanol–water partition coefficient (Wildman–Crippen LogP) is 1.22. The second-order valence-corrected chi connectivity index (χ2v) is 8.40. The summed E-state index contributed by atoms with van der Waals surface area (Å²) in [5.41, 5.74) is 3.36. The Morgan fingerprint density at radius 1 is 1.19 bits per heavy atom. The molecule has 0 bridgehead atoms. The number of piperidine rings is 1. The number of carbonyl (C=O) groups excluding carboxylic acids is 4. The summed E-state index contributed by atoms with van der Waals surface area (Å²) in [4.78, 5) is 50.2. The van der Waals surface area contributed by atoms with E-state index in [0.29, 0.717) is 34.6 Å². The molecule has 180 valence electrons. The van der Waals surface area contributed by atoms with E-state index in [1.165, 1.54) is 9.58 Å². The summed E-state index contributed by atoms with van der Waals surface area (Å²) in [6.07, 6.45) is 2.16. The van der Waals surface area contributed by atoms with Crippen LogP contribution in [0.2, 0.25) is 0 Å². The Labute approximate surface area is 204 Å². The molecule has 1 fully saturated rings. The molecule has 0 saturated carbocycles. The molecule has 2 aliphatic heterocycles. The second-order valence-electron chi connectivity index (χ2n) is 8.40. The largest absolute Gasteiger partial charge is 0.332 e. The van der Waals surface area contributed by atoms with E-state index in [9.17, 15) is 19.2 Å². The van der Waals surface area contributed by atoms with Crippen LogP contribution in [0.5, 0.6) is 0 Å². The summed E-state index contributed by atoms with van der Waals surface area (Å²) in [6.45, 7) is 0.376. The minimum atomic E-state index is -0.677. The molecule has 0 spiro atoms. The lowest BCUT2D eigenvalue weighted by atomic mass is 10.0. The van der Waals surface area contributed by atoms with Crippen LogP contribution >= 0.6 is 0 Å². The van der Waals surface area contributed by atoms with Crippen LogP contribution in [0.25, 0.3) is 5.69 Å². The van der Waals surface area contributed by atoms with Crippen LogP contribution in [0.3, 0.4) is 0 Å². The van der Waals surface area contributed by atoms with Crippen LogP contribution in [0.1, 0.15) is 40.0 Å². The molecule has 3 aromatic rings. The van der Waals surface area contributed by atoms with Crippen molar-refractivity contribution in [2.45, 2.75) is 32.0 Å². The maximum absolute atomic E-state index is 12.9. The molecule has 3 N–H and O–H groups in total. The number of carbonyl (C=O) groups is 4. The van der Waals surface area contributed by atoms with Crippen molar-refractivity contribution in [3.8, 4) is 11.8 Å². The van der Waals surface area contributed by atoms with Gasteiger partial charge in [0.05, 0.1) is 30.1 Å². The van der Waals surface area contributed by atoms with Gasteiger partial charge in [-0.2, -0.15) is 5.26 Å². The number of hydrogen-bond acceptors (Lipinski definition) is 7. The summed E-state index contributed by atoms with van der Waals surface area (Å²) in [7, 11) is 0. The average molecular weight is 484 g/mol. The van der Waals surface area contributed by atoms with Crippen molar-refractivity contribution in [3.63, 3.8) is 0 Å². The second kappa shape index (κ2) is 9.30. The summed E-state index contributed by atoms with van der Waals surface area (Å²) >= 11 is 0. The van der Waals surface area contributed by atoms with Gasteiger partial charge in [-0.3, -0.25) is 19.7 Å². The van der Waals surface area contributed by atoms with Crippen LogP contribution in [-0.4, -0.2) is 49.7 Å². The molecule has 2 aliphatic rings. The molecule has 0 radical (unpaired) electrons. The Hall–Kier alpha value is -5.05. The van der Waals surface area contributed by atoms with E-state index in [1.54, 1.807) is 48.7 Å². The van der Waals surface area contributed by atoms with Gasteiger partial charge in [0.25, 0.3) is 5.91 Å². The third-order valence-corrected chi connectivity index (χ3v) is 5.99. The number of hydrogen-bond donors (Lipinski definition) is 3. The zero-order valence-electron chi connectivity index (χ0n) is 18.9. The highest BCUT2D eigenvalue weighted by atomic mass is 16.2. The fraction of sp³-hybridized carbons (Fsp3) is 0.208. The molecule has 0 aliphatic carbocycles. The van der Waals surface area contributed by atoms with Crippen molar-refractivity contribution in [2.75, 3.05) is 5.32 Å². The number of imide groups is 1. The SMILES string of the molecule is N#Cc1cccc(NC(=O)NCc2cn(-c3ccc4c(c3)CN(C3CCC(=O)NC3=O)C4=O)nn2)c1. The van der Waals surface area contributed by atoms with Gasteiger partial charge >= 0.3 is 6.03 Å². The molecule has 12 heteroatoms. The van der Waals surface area contributed by atoms with E-state index in [-0.39, 0.29) is 31.3 Å². The number of nitriles is 1. The van der Waals surface area contributed by atoms with Gasteiger partial charge in [0.2, 0.25) is 11.8 Å². The van der Waals surface area contributed by atoms with Crippen molar-refractivity contribution in [2.24, 2.45) is 0 Å². The highest BCUT2D eigenvalue weighted by Crippen LogP contribution is 2.29. The number of fused-ring (bicyclic) bond motifs is 1. The quantitative estimate of drug-likeness (QED) is 0.459. The molecule has 1 aromatic heterocycles. The van der Waals surface area contributed by atoms with E-state index in [2.05, 4.69) is 26.3 Å². The maximum atomic E-state index is 12.9. The van der Waals surface area contributed by atoms with Crippen molar-refractivity contribution in [1.82, 2.24) is 30.5 Å². The van der Waals surface area contributed by atoms with Crippen LogP contribution in [0, 0.1) is 11.3 Å². The van der Waals surface area contributed by atoms with E-state index in [1.807, 2.05) is 6.07 Å². The van der Waals surface area contributed by atoms with E-state index in [4.69, 9.17) is 5.26 Å². The number of anilines is 1. The third-order valence-electron chi connectivity index (χ3n) is 5.99. The van der Waals surface area contributed by atoms with Crippen molar-refractivity contribution < 1.29 is 19.2 Å². The van der Waals surface area contributed by atoms with Crippen molar-refractivity contribution in [1.29, 1.82) is 5.26 Å². The molecule has 1 atom stereocenters. The molecule has 12 nitrogen and oxygen atoms in total. The van der Waals surface area contributed by atoms with E-state index >= 15 is 0 Å². The molecule has 36 heavy (non-hydrogen) atoms. The summed E-state index contributed by atoms with van der Waals surface area (Å²) in [6, 6.07) is 12.7. The normalized spacial score (nSPS) is 16.8. The van der Waals surface area contributed by atoms with Gasteiger partial charge in [0.15, 0.2) is 0 Å². The highest BCUT2D eigenvalue weighted by Gasteiger charge is 2.39. The number of rotatable bonds is 5. The van der Waals surface area contributed by atoms with Crippen LogP contribution < -0.4 is 16.0 Å². The monoisotopic (exact) mass is 484 g/mol. The molecule has 2 aromatic carbocycles. The molecule has 1 saturated heterocycles. The Morgan fingerprint density at radius 2 is 2.06 bits per heavy atom. The van der Waals surface area contributed by atoms with Gasteiger partial charge in [-0.1, -0.05) is 11.3 Å². The first-order valence-electron chi connectivity index (χ1n) is 11.2. The summed E-state index contributed by atoms with van der Waals surface area (Å²) in [5, 5.41) is 24.8. The van der Waals surface area contributed by atoms with Gasteiger partial charge in [-0.25, -0.2) is 9.48 Å². The molecule has 5 amide bonds. The topological polar surface area (TPSA) is 162 Å². The average Bonchev–Trinajstić information content (AvgIpc) is 3.47. The Morgan fingerprint density at radius 3 is 2.86 bits per heavy atom. The lowest BCUT2D eigenvalue weighted by molar-refractivity contribution is -0.136. The van der Waals surface area contributed by atoms with E-state index in [0.717, 1.165) is 5.56 Å². The van der Waals surface area contributed by atoms with Gasteiger partial charge in [-0.05, 0) is 48.4 Å². The first-order chi connectivity index (χ1) is 17.4. The Bertz CT molecular complexity index is 1440. The minimum Gasteiger partial charge on any atom is -0.332 e. The third kappa shape index (κ3) is 4.49. The molecule has 1 unspecified atom stereocenters. The first kappa shape index (κ1) is 22.7. The number of nitrogens with one attached hydrogen (secondary N) is 3. The smallest absolute Gasteiger partial charge is 0.319 e. The molecular formula is C24H20N8O4. The molecule has 3 heterocycles. The number of nitrogens with zero attached hydrogens (tertiary/aromatic N) is 5. The van der Waals surface area contributed by atoms with E-state index < -0.39 is 18.0 Å². The van der Waals surface area contributed by atoms with Crippen molar-refractivity contribution in [3.05, 3.63) is 71.0 Å². The standard InChI is InChI=1S/C24H20N8O4/c25-10-14-2-1-3-16(8-14)27-24(36)26-11-17-13-32(30-29-17)18-4-5-19-15(9-18)12-31(23(19)35)20-6-7-21(33)28-22(20)34/h1-5,8-9,13,20H,6-7,11-12H2,(H2,26,27,36)(H,28,33,34). The van der Waals surface area contributed by atoms with Gasteiger partial charge in [0, 0.05) is 24.2 Å². The summed E-state index contributed by atoms with van der Waals surface area (Å²) in [5.74, 6) is -1.03. The molecular weight excluding hydrogens is 464 g/mol. The van der Waals surface area contributed by atoms with Crippen LogP contribution in [0.4, 0.5) is 10.5 Å². The lowest BCUT2D eigenvalue weighted by Gasteiger charge is -2.29. The number of urea groups is 1.